The Kier molecular flexibility index (Phi) is 2.99. The van der Waals surface area contributed by atoms with Gasteiger partial charge in [-0.15, -0.1) is 6.42 Å². The summed E-state index contributed by atoms with van der Waals surface area (Å²) in [6.45, 7) is 5.04. The molecule has 0 aliphatic rings. The lowest BCUT2D eigenvalue weighted by molar-refractivity contribution is -0.114. The second-order valence-electron chi connectivity index (χ2n) is 1.75. The molecule has 0 heterocycles. The Balaban J connectivity index is 4.86. The molecule has 0 bridgehead atoms. The first-order chi connectivity index (χ1) is 4.63. The van der Waals surface area contributed by atoms with Crippen LogP contribution in [0.25, 0.3) is 0 Å². The van der Waals surface area contributed by atoms with Crippen LogP contribution >= 0.6 is 0 Å². The molecule has 0 aromatic carbocycles. The van der Waals surface area contributed by atoms with Crippen molar-refractivity contribution in [3.63, 3.8) is 0 Å². The average Bonchev–Trinajstić information content (AvgIpc) is 1.88. The van der Waals surface area contributed by atoms with E-state index in [1.807, 2.05) is 0 Å². The van der Waals surface area contributed by atoms with Crippen LogP contribution in [0, 0.1) is 12.3 Å². The lowest BCUT2D eigenvalue weighted by atomic mass is 10.1. The summed E-state index contributed by atoms with van der Waals surface area (Å²) >= 11 is 0. The van der Waals surface area contributed by atoms with Gasteiger partial charge in [0.1, 0.15) is 0 Å². The zero-order valence-electron chi connectivity index (χ0n) is 5.85. The molecule has 0 aliphatic carbocycles. The first-order valence-corrected chi connectivity index (χ1v) is 2.73. The van der Waals surface area contributed by atoms with Crippen LogP contribution in [0.4, 0.5) is 0 Å². The van der Waals surface area contributed by atoms with Gasteiger partial charge in [0, 0.05) is 11.1 Å². The fraction of sp³-hybridized carbons (Fsp3) is 0.125. The van der Waals surface area contributed by atoms with Crippen LogP contribution in [-0.4, -0.2) is 5.91 Å². The first-order valence-electron chi connectivity index (χ1n) is 2.73. The number of rotatable bonds is 2. The maximum absolute atomic E-state index is 10.5. The minimum atomic E-state index is -0.537. The lowest BCUT2D eigenvalue weighted by Crippen LogP contribution is -2.13. The highest BCUT2D eigenvalue weighted by molar-refractivity contribution is 5.96. The van der Waals surface area contributed by atoms with E-state index in [0.29, 0.717) is 11.1 Å². The van der Waals surface area contributed by atoms with Crippen LogP contribution in [0.1, 0.15) is 6.92 Å². The SMILES string of the molecule is C#C/C(C)=C(/C=C)C(N)=O. The summed E-state index contributed by atoms with van der Waals surface area (Å²) < 4.78 is 0. The smallest absolute Gasteiger partial charge is 0.249 e. The fourth-order valence-corrected chi connectivity index (χ4v) is 0.516. The number of carbonyl (C=O) groups excluding carboxylic acids is 1. The predicted molar refractivity (Wildman–Crippen MR) is 40.9 cm³/mol. The summed E-state index contributed by atoms with van der Waals surface area (Å²) in [7, 11) is 0. The van der Waals surface area contributed by atoms with E-state index in [1.165, 1.54) is 6.08 Å². The van der Waals surface area contributed by atoms with Gasteiger partial charge in [0.15, 0.2) is 0 Å². The van der Waals surface area contributed by atoms with Crippen molar-refractivity contribution in [3.05, 3.63) is 23.8 Å². The van der Waals surface area contributed by atoms with Gasteiger partial charge in [-0.05, 0) is 6.92 Å². The van der Waals surface area contributed by atoms with Crippen molar-refractivity contribution >= 4 is 5.91 Å². The molecule has 0 spiro atoms. The molecule has 2 heteroatoms. The molecule has 10 heavy (non-hydrogen) atoms. The van der Waals surface area contributed by atoms with E-state index in [2.05, 4.69) is 12.5 Å². The molecule has 0 saturated heterocycles. The van der Waals surface area contributed by atoms with Crippen molar-refractivity contribution in [2.45, 2.75) is 6.92 Å². The highest BCUT2D eigenvalue weighted by Gasteiger charge is 2.01. The van der Waals surface area contributed by atoms with Crippen molar-refractivity contribution in [1.82, 2.24) is 0 Å². The molecule has 0 rings (SSSR count). The number of allylic oxidation sites excluding steroid dienone is 1. The van der Waals surface area contributed by atoms with E-state index in [4.69, 9.17) is 12.2 Å². The average molecular weight is 135 g/mol. The van der Waals surface area contributed by atoms with Gasteiger partial charge in [0.25, 0.3) is 0 Å². The normalized spacial score (nSPS) is 11.2. The number of hydrogen-bond donors (Lipinski definition) is 1. The molecule has 0 aliphatic heterocycles. The fourth-order valence-electron chi connectivity index (χ4n) is 0.516. The molecular weight excluding hydrogens is 126 g/mol. The van der Waals surface area contributed by atoms with Gasteiger partial charge in [0.05, 0.1) is 0 Å². The third-order valence-electron chi connectivity index (χ3n) is 1.09. The summed E-state index contributed by atoms with van der Waals surface area (Å²) in [6.07, 6.45) is 6.38. The van der Waals surface area contributed by atoms with E-state index in [0.717, 1.165) is 0 Å². The van der Waals surface area contributed by atoms with E-state index in [-0.39, 0.29) is 0 Å². The topological polar surface area (TPSA) is 43.1 Å². The predicted octanol–water partition coefficient (Wildman–Crippen LogP) is 0.607. The molecule has 0 radical (unpaired) electrons. The third kappa shape index (κ3) is 1.79. The van der Waals surface area contributed by atoms with Crippen LogP contribution in [-0.2, 0) is 4.79 Å². The minimum absolute atomic E-state index is 0.308. The molecule has 0 atom stereocenters. The number of carbonyl (C=O) groups is 1. The quantitative estimate of drug-likeness (QED) is 0.336. The Morgan fingerprint density at radius 2 is 2.30 bits per heavy atom. The largest absolute Gasteiger partial charge is 0.366 e. The number of nitrogens with two attached hydrogens (primary N) is 1. The van der Waals surface area contributed by atoms with Crippen LogP contribution in [0.15, 0.2) is 23.8 Å². The Morgan fingerprint density at radius 1 is 1.80 bits per heavy atom. The van der Waals surface area contributed by atoms with E-state index in [1.54, 1.807) is 6.92 Å². The molecule has 0 saturated carbocycles. The first kappa shape index (κ1) is 8.51. The van der Waals surface area contributed by atoms with Crippen molar-refractivity contribution in [2.24, 2.45) is 5.73 Å². The Hall–Kier alpha value is -1.49. The van der Waals surface area contributed by atoms with Crippen molar-refractivity contribution in [3.8, 4) is 12.3 Å². The molecule has 0 aromatic heterocycles. The third-order valence-corrected chi connectivity index (χ3v) is 1.09. The highest BCUT2D eigenvalue weighted by atomic mass is 16.1. The summed E-state index contributed by atoms with van der Waals surface area (Å²) in [4.78, 5) is 10.5. The zero-order chi connectivity index (χ0) is 8.15. The van der Waals surface area contributed by atoms with Gasteiger partial charge in [-0.1, -0.05) is 18.6 Å². The minimum Gasteiger partial charge on any atom is -0.366 e. The number of primary amides is 1. The zero-order valence-corrected chi connectivity index (χ0v) is 5.85. The number of terminal acetylenes is 1. The van der Waals surface area contributed by atoms with Crippen molar-refractivity contribution < 1.29 is 4.79 Å². The van der Waals surface area contributed by atoms with Crippen LogP contribution < -0.4 is 5.73 Å². The van der Waals surface area contributed by atoms with Crippen LogP contribution in [0.2, 0.25) is 0 Å². The Morgan fingerprint density at radius 3 is 2.40 bits per heavy atom. The Bertz CT molecular complexity index is 230. The molecule has 0 fully saturated rings. The van der Waals surface area contributed by atoms with Gasteiger partial charge in [-0.2, -0.15) is 0 Å². The van der Waals surface area contributed by atoms with Crippen molar-refractivity contribution in [1.29, 1.82) is 0 Å². The second kappa shape index (κ2) is 3.52. The summed E-state index contributed by atoms with van der Waals surface area (Å²) in [5.41, 5.74) is 5.78. The monoisotopic (exact) mass is 135 g/mol. The standard InChI is InChI=1S/C8H9NO/c1-4-6(3)7(5-2)8(9)10/h1,5H,2H2,3H3,(H2,9,10)/b7-6-. The molecule has 0 unspecified atom stereocenters. The van der Waals surface area contributed by atoms with E-state index < -0.39 is 5.91 Å². The molecule has 2 nitrogen and oxygen atoms in total. The molecule has 1 amide bonds. The molecule has 2 N–H and O–H groups in total. The van der Waals surface area contributed by atoms with E-state index >= 15 is 0 Å². The maximum Gasteiger partial charge on any atom is 0.249 e. The summed E-state index contributed by atoms with van der Waals surface area (Å²) in [5.74, 6) is 1.77. The van der Waals surface area contributed by atoms with Gasteiger partial charge < -0.3 is 5.73 Å². The highest BCUT2D eigenvalue weighted by Crippen LogP contribution is 2.01. The van der Waals surface area contributed by atoms with Gasteiger partial charge in [-0.3, -0.25) is 4.79 Å². The molecular formula is C8H9NO. The van der Waals surface area contributed by atoms with Crippen molar-refractivity contribution in [2.75, 3.05) is 0 Å². The van der Waals surface area contributed by atoms with Crippen LogP contribution in [0.3, 0.4) is 0 Å². The maximum atomic E-state index is 10.5. The van der Waals surface area contributed by atoms with Gasteiger partial charge in [-0.25, -0.2) is 0 Å². The molecule has 52 valence electrons. The Labute approximate surface area is 60.4 Å². The summed E-state index contributed by atoms with van der Waals surface area (Å²) in [6, 6.07) is 0. The number of hydrogen-bond acceptors (Lipinski definition) is 1. The number of amides is 1. The van der Waals surface area contributed by atoms with Gasteiger partial charge in [0.2, 0.25) is 5.91 Å². The van der Waals surface area contributed by atoms with Gasteiger partial charge >= 0.3 is 0 Å². The van der Waals surface area contributed by atoms with Crippen LogP contribution in [0.5, 0.6) is 0 Å². The second-order valence-corrected chi connectivity index (χ2v) is 1.75. The lowest BCUT2D eigenvalue weighted by Gasteiger charge is -1.95. The summed E-state index contributed by atoms with van der Waals surface area (Å²) in [5, 5.41) is 0. The molecule has 0 aromatic rings. The van der Waals surface area contributed by atoms with E-state index in [9.17, 15) is 4.79 Å².